The monoisotopic (exact) mass is 540 g/mol. The van der Waals surface area contributed by atoms with Crippen molar-refractivity contribution >= 4 is 28.6 Å². The van der Waals surface area contributed by atoms with Crippen LogP contribution in [0.25, 0.3) is 11.0 Å². The number of anilines is 2. The summed E-state index contributed by atoms with van der Waals surface area (Å²) >= 11 is 0. The number of carbonyl (C=O) groups is 1. The third kappa shape index (κ3) is 6.80. The minimum atomic E-state index is -0.185. The number of nitrogens with zero attached hydrogens (tertiary/aromatic N) is 4. The van der Waals surface area contributed by atoms with Gasteiger partial charge < -0.3 is 24.8 Å². The third-order valence-electron chi connectivity index (χ3n) is 7.42. The SMILES string of the molecule is Cn1c(Nc2cccc(C(C)(C)C)c2)nc2cc(Oc3ccnc(C(=O)NCCCN4CCCCC4)c3)ccc21. The molecule has 0 saturated carbocycles. The van der Waals surface area contributed by atoms with Gasteiger partial charge in [0.2, 0.25) is 5.95 Å². The van der Waals surface area contributed by atoms with Crippen molar-refractivity contribution in [1.82, 2.24) is 24.8 Å². The first kappa shape index (κ1) is 27.6. The molecular formula is C32H40N6O2. The summed E-state index contributed by atoms with van der Waals surface area (Å²) in [5.41, 5.74) is 4.47. The molecule has 1 amide bonds. The Morgan fingerprint density at radius 1 is 1.00 bits per heavy atom. The van der Waals surface area contributed by atoms with Crippen molar-refractivity contribution in [2.24, 2.45) is 7.05 Å². The summed E-state index contributed by atoms with van der Waals surface area (Å²) in [5, 5.41) is 6.45. The number of ether oxygens (including phenoxy) is 1. The molecule has 2 N–H and O–H groups in total. The summed E-state index contributed by atoms with van der Waals surface area (Å²) in [6.45, 7) is 10.6. The number of amides is 1. The molecule has 1 fully saturated rings. The van der Waals surface area contributed by atoms with Crippen LogP contribution in [-0.4, -0.2) is 51.5 Å². The van der Waals surface area contributed by atoms with E-state index in [-0.39, 0.29) is 11.3 Å². The number of benzene rings is 2. The molecule has 210 valence electrons. The molecule has 4 aromatic rings. The molecule has 0 radical (unpaired) electrons. The topological polar surface area (TPSA) is 84.3 Å². The van der Waals surface area contributed by atoms with Crippen molar-refractivity contribution in [3.63, 3.8) is 0 Å². The van der Waals surface area contributed by atoms with Gasteiger partial charge in [-0.1, -0.05) is 39.3 Å². The number of imidazole rings is 1. The summed E-state index contributed by atoms with van der Waals surface area (Å²) < 4.78 is 8.14. The molecule has 8 nitrogen and oxygen atoms in total. The minimum Gasteiger partial charge on any atom is -0.457 e. The van der Waals surface area contributed by atoms with E-state index in [1.165, 1.54) is 37.9 Å². The van der Waals surface area contributed by atoms with E-state index in [0.29, 0.717) is 23.7 Å². The fourth-order valence-corrected chi connectivity index (χ4v) is 5.06. The van der Waals surface area contributed by atoms with Gasteiger partial charge in [0.05, 0.1) is 11.0 Å². The first-order valence-corrected chi connectivity index (χ1v) is 14.2. The Kier molecular flexibility index (Phi) is 8.35. The Morgan fingerprint density at radius 3 is 2.60 bits per heavy atom. The van der Waals surface area contributed by atoms with E-state index in [0.717, 1.165) is 35.6 Å². The van der Waals surface area contributed by atoms with Crippen molar-refractivity contribution in [3.05, 3.63) is 72.1 Å². The molecule has 0 spiro atoms. The van der Waals surface area contributed by atoms with Crippen LogP contribution in [0.3, 0.4) is 0 Å². The smallest absolute Gasteiger partial charge is 0.270 e. The molecule has 1 aliphatic rings. The number of likely N-dealkylation sites (tertiary alicyclic amines) is 1. The van der Waals surface area contributed by atoms with E-state index in [1.54, 1.807) is 18.3 Å². The number of hydrogen-bond donors (Lipinski definition) is 2. The van der Waals surface area contributed by atoms with E-state index in [1.807, 2.05) is 29.8 Å². The van der Waals surface area contributed by atoms with Crippen LogP contribution in [-0.2, 0) is 12.5 Å². The van der Waals surface area contributed by atoms with Crippen LogP contribution in [0.1, 0.15) is 62.5 Å². The molecule has 0 aliphatic carbocycles. The summed E-state index contributed by atoms with van der Waals surface area (Å²) in [6, 6.07) is 17.7. The molecule has 0 bridgehead atoms. The Bertz CT molecular complexity index is 1470. The van der Waals surface area contributed by atoms with E-state index >= 15 is 0 Å². The van der Waals surface area contributed by atoms with Crippen LogP contribution in [0.5, 0.6) is 11.5 Å². The lowest BCUT2D eigenvalue weighted by atomic mass is 9.87. The van der Waals surface area contributed by atoms with Crippen LogP contribution in [0.15, 0.2) is 60.8 Å². The standard InChI is InChI=1S/C32H40N6O2/c1-32(2,3)23-10-8-11-24(20-23)35-31-36-27-21-25(12-13-29(27)37(31)4)40-26-14-16-33-28(22-26)30(39)34-15-9-19-38-17-6-5-7-18-38/h8,10-14,16,20-22H,5-7,9,15,17-19H2,1-4H3,(H,34,39)(H,35,36). The van der Waals surface area contributed by atoms with Gasteiger partial charge >= 0.3 is 0 Å². The second-order valence-corrected chi connectivity index (χ2v) is 11.6. The highest BCUT2D eigenvalue weighted by atomic mass is 16.5. The second kappa shape index (κ2) is 12.1. The Morgan fingerprint density at radius 2 is 1.80 bits per heavy atom. The number of hydrogen-bond acceptors (Lipinski definition) is 6. The second-order valence-electron chi connectivity index (χ2n) is 11.6. The van der Waals surface area contributed by atoms with E-state index in [9.17, 15) is 4.79 Å². The van der Waals surface area contributed by atoms with Crippen LogP contribution >= 0.6 is 0 Å². The predicted octanol–water partition coefficient (Wildman–Crippen LogP) is 6.41. The average molecular weight is 541 g/mol. The zero-order valence-electron chi connectivity index (χ0n) is 24.0. The van der Waals surface area contributed by atoms with Crippen LogP contribution < -0.4 is 15.4 Å². The van der Waals surface area contributed by atoms with Crippen molar-refractivity contribution in [3.8, 4) is 11.5 Å². The maximum Gasteiger partial charge on any atom is 0.270 e. The van der Waals surface area contributed by atoms with Gasteiger partial charge in [0, 0.05) is 37.6 Å². The first-order valence-electron chi connectivity index (χ1n) is 14.2. The number of aryl methyl sites for hydroxylation is 1. The molecule has 0 unspecified atom stereocenters. The summed E-state index contributed by atoms with van der Waals surface area (Å²) in [6.07, 6.45) is 6.43. The summed E-state index contributed by atoms with van der Waals surface area (Å²) in [5.74, 6) is 1.77. The lowest BCUT2D eigenvalue weighted by molar-refractivity contribution is 0.0945. The van der Waals surface area contributed by atoms with Crippen LogP contribution in [0, 0.1) is 0 Å². The number of carbonyl (C=O) groups excluding carboxylic acids is 1. The van der Waals surface area contributed by atoms with Gasteiger partial charge in [0.15, 0.2) is 0 Å². The van der Waals surface area contributed by atoms with Crippen LogP contribution in [0.2, 0.25) is 0 Å². The molecule has 40 heavy (non-hydrogen) atoms. The van der Waals surface area contributed by atoms with Gasteiger partial charge in [-0.3, -0.25) is 9.78 Å². The normalized spacial score (nSPS) is 14.3. The van der Waals surface area contributed by atoms with Crippen LogP contribution in [0.4, 0.5) is 11.6 Å². The van der Waals surface area contributed by atoms with Crippen molar-refractivity contribution < 1.29 is 9.53 Å². The summed E-state index contributed by atoms with van der Waals surface area (Å²) in [4.78, 5) is 24.2. The van der Waals surface area contributed by atoms with E-state index in [4.69, 9.17) is 9.72 Å². The highest BCUT2D eigenvalue weighted by Gasteiger charge is 2.16. The highest BCUT2D eigenvalue weighted by Crippen LogP contribution is 2.30. The molecular weight excluding hydrogens is 500 g/mol. The van der Waals surface area contributed by atoms with Crippen molar-refractivity contribution in [2.45, 2.75) is 51.9 Å². The predicted molar refractivity (Wildman–Crippen MR) is 161 cm³/mol. The highest BCUT2D eigenvalue weighted by molar-refractivity contribution is 5.92. The molecule has 0 atom stereocenters. The molecule has 1 aliphatic heterocycles. The minimum absolute atomic E-state index is 0.0661. The maximum atomic E-state index is 12.7. The molecule has 2 aromatic heterocycles. The lowest BCUT2D eigenvalue weighted by Crippen LogP contribution is -2.33. The van der Waals surface area contributed by atoms with Gasteiger partial charge in [-0.2, -0.15) is 0 Å². The van der Waals surface area contributed by atoms with Crippen molar-refractivity contribution in [2.75, 3.05) is 31.5 Å². The van der Waals surface area contributed by atoms with E-state index in [2.05, 4.69) is 65.6 Å². The van der Waals surface area contributed by atoms with Gasteiger partial charge in [-0.05, 0) is 80.2 Å². The molecule has 1 saturated heterocycles. The largest absolute Gasteiger partial charge is 0.457 e. The fourth-order valence-electron chi connectivity index (χ4n) is 5.06. The van der Waals surface area contributed by atoms with E-state index < -0.39 is 0 Å². The van der Waals surface area contributed by atoms with Gasteiger partial charge in [0.25, 0.3) is 5.91 Å². The Hall–Kier alpha value is -3.91. The number of nitrogens with one attached hydrogen (secondary N) is 2. The number of aromatic nitrogens is 3. The molecule has 2 aromatic carbocycles. The number of piperidine rings is 1. The maximum absolute atomic E-state index is 12.7. The first-order chi connectivity index (χ1) is 19.3. The Balaban J connectivity index is 1.22. The van der Waals surface area contributed by atoms with Gasteiger partial charge in [-0.25, -0.2) is 4.98 Å². The molecule has 5 rings (SSSR count). The number of pyridine rings is 1. The number of rotatable bonds is 9. The summed E-state index contributed by atoms with van der Waals surface area (Å²) in [7, 11) is 1.99. The molecule has 8 heteroatoms. The average Bonchev–Trinajstić information content (AvgIpc) is 3.25. The third-order valence-corrected chi connectivity index (χ3v) is 7.42. The zero-order chi connectivity index (χ0) is 28.1. The van der Waals surface area contributed by atoms with Gasteiger partial charge in [0.1, 0.15) is 17.2 Å². The van der Waals surface area contributed by atoms with Crippen molar-refractivity contribution in [1.29, 1.82) is 0 Å². The van der Waals surface area contributed by atoms with Gasteiger partial charge in [-0.15, -0.1) is 0 Å². The quantitative estimate of drug-likeness (QED) is 0.239. The number of fused-ring (bicyclic) bond motifs is 1. The zero-order valence-corrected chi connectivity index (χ0v) is 24.0. The molecule has 3 heterocycles. The fraction of sp³-hybridized carbons (Fsp3) is 0.406. The lowest BCUT2D eigenvalue weighted by Gasteiger charge is -2.26. The Labute approximate surface area is 236 Å².